The normalized spacial score (nSPS) is 16.9. The summed E-state index contributed by atoms with van der Waals surface area (Å²) in [6.07, 6.45) is -5.19. The highest BCUT2D eigenvalue weighted by Gasteiger charge is 2.36. The standard InChI is InChI=1S/C12H12BF5O4/c1-19-4-7-5-20-13(21-6-7)8-2-9(14)11(10(15)3-8)22-12(16,17)18/h2-3,7H,4-6H2,1H3. The second-order valence-corrected chi connectivity index (χ2v) is 4.68. The molecule has 1 heterocycles. The van der Waals surface area contributed by atoms with E-state index < -0.39 is 30.9 Å². The van der Waals surface area contributed by atoms with Crippen molar-refractivity contribution in [2.75, 3.05) is 26.9 Å². The van der Waals surface area contributed by atoms with Gasteiger partial charge in [0.25, 0.3) is 0 Å². The molecule has 1 saturated heterocycles. The van der Waals surface area contributed by atoms with Crippen molar-refractivity contribution < 1.29 is 40.7 Å². The van der Waals surface area contributed by atoms with Gasteiger partial charge in [-0.2, -0.15) is 0 Å². The van der Waals surface area contributed by atoms with E-state index >= 15 is 0 Å². The first-order chi connectivity index (χ1) is 10.3. The molecule has 1 aromatic rings. The maximum absolute atomic E-state index is 13.6. The van der Waals surface area contributed by atoms with Gasteiger partial charge in [-0.25, -0.2) is 8.78 Å². The van der Waals surface area contributed by atoms with Gasteiger partial charge < -0.3 is 18.8 Å². The van der Waals surface area contributed by atoms with Crippen LogP contribution in [0.3, 0.4) is 0 Å². The monoisotopic (exact) mass is 326 g/mol. The molecule has 0 radical (unpaired) electrons. The predicted octanol–water partition coefficient (Wildman–Crippen LogP) is 1.87. The summed E-state index contributed by atoms with van der Waals surface area (Å²) in [4.78, 5) is 0. The summed E-state index contributed by atoms with van der Waals surface area (Å²) in [5, 5.41) is 0. The maximum Gasteiger partial charge on any atom is 0.573 e. The fourth-order valence-electron chi connectivity index (χ4n) is 2.00. The number of halogens is 5. The van der Waals surface area contributed by atoms with Gasteiger partial charge in [-0.15, -0.1) is 13.2 Å². The van der Waals surface area contributed by atoms with E-state index in [9.17, 15) is 22.0 Å². The van der Waals surface area contributed by atoms with Gasteiger partial charge in [0, 0.05) is 26.2 Å². The molecule has 22 heavy (non-hydrogen) atoms. The summed E-state index contributed by atoms with van der Waals surface area (Å²) in [6.45, 7) is 0.874. The van der Waals surface area contributed by atoms with Crippen molar-refractivity contribution >= 4 is 12.6 Å². The highest BCUT2D eigenvalue weighted by molar-refractivity contribution is 6.61. The van der Waals surface area contributed by atoms with Crippen molar-refractivity contribution in [3.8, 4) is 5.75 Å². The number of hydrogen-bond acceptors (Lipinski definition) is 4. The minimum atomic E-state index is -5.19. The molecule has 0 saturated carbocycles. The van der Waals surface area contributed by atoms with Crippen molar-refractivity contribution in [2.24, 2.45) is 5.92 Å². The second kappa shape index (κ2) is 6.80. The van der Waals surface area contributed by atoms with Crippen molar-refractivity contribution in [1.82, 2.24) is 0 Å². The Hall–Kier alpha value is -1.39. The van der Waals surface area contributed by atoms with E-state index in [0.29, 0.717) is 18.7 Å². The quantitative estimate of drug-likeness (QED) is 0.625. The third-order valence-corrected chi connectivity index (χ3v) is 2.88. The average Bonchev–Trinajstić information content (AvgIpc) is 2.43. The minimum Gasteiger partial charge on any atom is -0.407 e. The van der Waals surface area contributed by atoms with Crippen molar-refractivity contribution in [3.63, 3.8) is 0 Å². The molecule has 0 bridgehead atoms. The zero-order valence-corrected chi connectivity index (χ0v) is 11.5. The van der Waals surface area contributed by atoms with Crippen LogP contribution < -0.4 is 10.2 Å². The van der Waals surface area contributed by atoms with Crippen LogP contribution >= 0.6 is 0 Å². The lowest BCUT2D eigenvalue weighted by Gasteiger charge is -2.27. The molecule has 0 unspecified atom stereocenters. The Bertz CT molecular complexity index is 494. The van der Waals surface area contributed by atoms with Crippen LogP contribution in [0.5, 0.6) is 5.75 Å². The molecule has 0 aliphatic carbocycles. The van der Waals surface area contributed by atoms with Gasteiger partial charge in [-0.1, -0.05) is 0 Å². The molecule has 0 aromatic heterocycles. The Kier molecular flexibility index (Phi) is 5.25. The van der Waals surface area contributed by atoms with Crippen LogP contribution in [-0.2, 0) is 14.0 Å². The summed E-state index contributed by atoms with van der Waals surface area (Å²) < 4.78 is 82.1. The summed E-state index contributed by atoms with van der Waals surface area (Å²) in [6, 6.07) is 1.37. The molecular formula is C12H12BF5O4. The lowest BCUT2D eigenvalue weighted by atomic mass is 9.77. The van der Waals surface area contributed by atoms with Gasteiger partial charge in [0.1, 0.15) is 0 Å². The fraction of sp³-hybridized carbons (Fsp3) is 0.500. The molecule has 0 atom stereocenters. The van der Waals surface area contributed by atoms with Gasteiger partial charge in [-0.3, -0.25) is 0 Å². The zero-order chi connectivity index (χ0) is 16.3. The van der Waals surface area contributed by atoms with Crippen LogP contribution in [0.2, 0.25) is 0 Å². The summed E-state index contributed by atoms with van der Waals surface area (Å²) in [5.41, 5.74) is -0.0691. The van der Waals surface area contributed by atoms with E-state index in [1.807, 2.05) is 0 Å². The first kappa shape index (κ1) is 17.0. The van der Waals surface area contributed by atoms with Gasteiger partial charge in [0.05, 0.1) is 6.61 Å². The highest BCUT2D eigenvalue weighted by Crippen LogP contribution is 2.28. The molecule has 1 fully saturated rings. The molecule has 1 aromatic carbocycles. The SMILES string of the molecule is COCC1COB(c2cc(F)c(OC(F)(F)F)c(F)c2)OC1. The smallest absolute Gasteiger partial charge is 0.407 e. The number of hydrogen-bond donors (Lipinski definition) is 0. The van der Waals surface area contributed by atoms with Crippen LogP contribution in [-0.4, -0.2) is 40.4 Å². The number of alkyl halides is 3. The first-order valence-electron chi connectivity index (χ1n) is 6.27. The maximum atomic E-state index is 13.6. The van der Waals surface area contributed by atoms with Gasteiger partial charge in [-0.05, 0) is 17.6 Å². The Morgan fingerprint density at radius 1 is 1.18 bits per heavy atom. The summed E-state index contributed by atoms with van der Waals surface area (Å²) >= 11 is 0. The number of benzene rings is 1. The second-order valence-electron chi connectivity index (χ2n) is 4.68. The summed E-state index contributed by atoms with van der Waals surface area (Å²) in [5.74, 6) is -4.51. The topological polar surface area (TPSA) is 36.9 Å². The van der Waals surface area contributed by atoms with Crippen LogP contribution in [0, 0.1) is 17.6 Å². The van der Waals surface area contributed by atoms with Gasteiger partial charge in [0.2, 0.25) is 5.75 Å². The van der Waals surface area contributed by atoms with Crippen molar-refractivity contribution in [1.29, 1.82) is 0 Å². The number of rotatable bonds is 4. The molecule has 1 aliphatic heterocycles. The first-order valence-corrected chi connectivity index (χ1v) is 6.27. The Morgan fingerprint density at radius 2 is 1.73 bits per heavy atom. The Labute approximate surface area is 123 Å². The molecule has 4 nitrogen and oxygen atoms in total. The summed E-state index contributed by atoms with van der Waals surface area (Å²) in [7, 11) is 0.452. The van der Waals surface area contributed by atoms with Gasteiger partial charge in [0.15, 0.2) is 11.6 Å². The van der Waals surface area contributed by atoms with E-state index in [1.54, 1.807) is 0 Å². The Balaban J connectivity index is 2.11. The zero-order valence-electron chi connectivity index (χ0n) is 11.5. The fourth-order valence-corrected chi connectivity index (χ4v) is 2.00. The molecule has 1 aliphatic rings. The molecule has 2 rings (SSSR count). The van der Waals surface area contributed by atoms with Crippen LogP contribution in [0.25, 0.3) is 0 Å². The molecule has 0 spiro atoms. The van der Waals surface area contributed by atoms with E-state index in [1.165, 1.54) is 7.11 Å². The minimum absolute atomic E-state index is 0.0243. The lowest BCUT2D eigenvalue weighted by molar-refractivity contribution is -0.276. The highest BCUT2D eigenvalue weighted by atomic mass is 19.4. The van der Waals surface area contributed by atoms with Crippen LogP contribution in [0.15, 0.2) is 12.1 Å². The van der Waals surface area contributed by atoms with E-state index in [4.69, 9.17) is 14.0 Å². The molecule has 10 heteroatoms. The number of methoxy groups -OCH3 is 1. The molecular weight excluding hydrogens is 314 g/mol. The number of ether oxygens (including phenoxy) is 2. The molecule has 122 valence electrons. The van der Waals surface area contributed by atoms with Crippen LogP contribution in [0.1, 0.15) is 0 Å². The third-order valence-electron chi connectivity index (χ3n) is 2.88. The van der Waals surface area contributed by atoms with E-state index in [0.717, 1.165) is 0 Å². The van der Waals surface area contributed by atoms with Crippen LogP contribution in [0.4, 0.5) is 22.0 Å². The largest absolute Gasteiger partial charge is 0.573 e. The predicted molar refractivity (Wildman–Crippen MR) is 65.7 cm³/mol. The van der Waals surface area contributed by atoms with E-state index in [2.05, 4.69) is 4.74 Å². The lowest BCUT2D eigenvalue weighted by Crippen LogP contribution is -2.45. The molecule has 0 amide bonds. The molecule has 0 N–H and O–H groups in total. The van der Waals surface area contributed by atoms with E-state index in [-0.39, 0.29) is 24.6 Å². The third kappa shape index (κ3) is 4.31. The van der Waals surface area contributed by atoms with Crippen molar-refractivity contribution in [3.05, 3.63) is 23.8 Å². The van der Waals surface area contributed by atoms with Gasteiger partial charge >= 0.3 is 13.5 Å². The van der Waals surface area contributed by atoms with Crippen molar-refractivity contribution in [2.45, 2.75) is 6.36 Å². The average molecular weight is 326 g/mol. The Morgan fingerprint density at radius 3 is 2.18 bits per heavy atom.